The van der Waals surface area contributed by atoms with Gasteiger partial charge in [0.1, 0.15) is 0 Å². The number of alkyl halides is 3. The summed E-state index contributed by atoms with van der Waals surface area (Å²) in [5.41, 5.74) is 0.125. The first kappa shape index (κ1) is 24.5. The van der Waals surface area contributed by atoms with Crippen molar-refractivity contribution in [3.63, 3.8) is 0 Å². The molecule has 2 amide bonds. The number of benzene rings is 3. The number of hydrogen-bond donors (Lipinski definition) is 2. The topological polar surface area (TPSA) is 106 Å². The number of urea groups is 1. The summed E-state index contributed by atoms with van der Waals surface area (Å²) in [6.45, 7) is 0.392. The number of halogens is 3. The highest BCUT2D eigenvalue weighted by Crippen LogP contribution is 2.34. The Morgan fingerprint density at radius 2 is 1.64 bits per heavy atom. The van der Waals surface area contributed by atoms with Crippen LogP contribution in [-0.4, -0.2) is 17.2 Å². The number of amides is 2. The van der Waals surface area contributed by atoms with Crippen molar-refractivity contribution in [2.24, 2.45) is 4.99 Å². The number of rotatable bonds is 7. The summed E-state index contributed by atoms with van der Waals surface area (Å²) < 4.78 is 46.8. The number of anilines is 2. The summed E-state index contributed by atoms with van der Waals surface area (Å²) in [7, 11) is 0. The Morgan fingerprint density at radius 3 is 2.31 bits per heavy atom. The van der Waals surface area contributed by atoms with Crippen LogP contribution in [0.25, 0.3) is 0 Å². The summed E-state index contributed by atoms with van der Waals surface area (Å²) in [6, 6.07) is 19.9. The van der Waals surface area contributed by atoms with Crippen molar-refractivity contribution in [1.29, 1.82) is 0 Å². The van der Waals surface area contributed by atoms with Gasteiger partial charge in [-0.15, -0.1) is 0 Å². The molecule has 4 aromatic rings. The fourth-order valence-electron chi connectivity index (χ4n) is 3.32. The molecule has 0 unspecified atom stereocenters. The molecule has 0 atom stereocenters. The average Bonchev–Trinajstić information content (AvgIpc) is 3.26. The predicted molar refractivity (Wildman–Crippen MR) is 124 cm³/mol. The van der Waals surface area contributed by atoms with Crippen molar-refractivity contribution in [2.75, 3.05) is 10.6 Å². The van der Waals surface area contributed by atoms with Gasteiger partial charge in [-0.25, -0.2) is 4.79 Å². The molecule has 0 fully saturated rings. The van der Waals surface area contributed by atoms with E-state index in [1.807, 2.05) is 30.3 Å². The second-order valence-electron chi connectivity index (χ2n) is 7.76. The van der Waals surface area contributed by atoms with Crippen molar-refractivity contribution in [3.05, 3.63) is 102 Å². The molecule has 0 spiro atoms. The number of carbonyl (C=O) groups is 1. The zero-order valence-corrected chi connectivity index (χ0v) is 18.7. The predicted octanol–water partition coefficient (Wildman–Crippen LogP) is 4.31. The van der Waals surface area contributed by atoms with Gasteiger partial charge in [-0.2, -0.15) is 13.2 Å². The Morgan fingerprint density at radius 1 is 0.972 bits per heavy atom. The van der Waals surface area contributed by atoms with E-state index < -0.39 is 23.7 Å². The molecule has 0 aliphatic carbocycles. The highest BCUT2D eigenvalue weighted by Gasteiger charge is 2.31. The third-order valence-electron chi connectivity index (χ3n) is 4.89. The lowest BCUT2D eigenvalue weighted by Crippen LogP contribution is -2.35. The molecular formula is C25H20F3N5O3. The van der Waals surface area contributed by atoms with Crippen LogP contribution in [0.5, 0.6) is 0 Å². The molecule has 0 saturated heterocycles. The molecule has 2 N–H and O–H groups in total. The summed E-state index contributed by atoms with van der Waals surface area (Å²) >= 11 is 0. The molecule has 4 rings (SSSR count). The molecule has 11 heteroatoms. The van der Waals surface area contributed by atoms with Crippen molar-refractivity contribution in [1.82, 2.24) is 5.27 Å². The fraction of sp³-hybridized carbons (Fsp3) is 0.120. The van der Waals surface area contributed by atoms with E-state index in [9.17, 15) is 23.1 Å². The first-order valence-corrected chi connectivity index (χ1v) is 10.7. The van der Waals surface area contributed by atoms with Gasteiger partial charge in [0.15, 0.2) is 0 Å². The summed E-state index contributed by atoms with van der Waals surface area (Å²) in [6.07, 6.45) is -3.36. The average molecular weight is 495 g/mol. The summed E-state index contributed by atoms with van der Waals surface area (Å²) in [5, 5.41) is 20.8. The van der Waals surface area contributed by atoms with Gasteiger partial charge < -0.3 is 10.4 Å². The van der Waals surface area contributed by atoms with Gasteiger partial charge in [-0.3, -0.25) is 14.8 Å². The first-order valence-electron chi connectivity index (χ1n) is 10.7. The third kappa shape index (κ3) is 6.92. The van der Waals surface area contributed by atoms with Crippen molar-refractivity contribution in [3.8, 4) is 0 Å². The first-order chi connectivity index (χ1) is 17.2. The molecule has 3 aromatic carbocycles. The second-order valence-corrected chi connectivity index (χ2v) is 7.76. The fourth-order valence-corrected chi connectivity index (χ4v) is 3.32. The van der Waals surface area contributed by atoms with E-state index in [4.69, 9.17) is 4.52 Å². The third-order valence-corrected chi connectivity index (χ3v) is 4.89. The molecule has 0 aliphatic heterocycles. The SMILES string of the molecule is O=C(Nc1cc(N=C([O-])Cc2ccccc2)cc(C(F)(F)F)c1)Nc1c[n+](Cc2ccccc2)no1. The number of hydrogen-bond acceptors (Lipinski definition) is 5. The smallest absolute Gasteiger partial charge is 0.416 e. The number of aliphatic imine (C=N–C) groups is 1. The van der Waals surface area contributed by atoms with E-state index in [0.717, 1.165) is 17.7 Å². The molecule has 36 heavy (non-hydrogen) atoms. The molecule has 0 aliphatic rings. The molecular weight excluding hydrogens is 475 g/mol. The standard InChI is InChI=1S/C25H20F3N5O3/c26-25(27,28)19-12-20(29-22(34)11-17-7-3-1-4-8-17)14-21(13-19)30-24(35)31-23-16-33(32-36-23)15-18-9-5-2-6-10-18/h1-10,12-14,16H,11,15H2,(H2-,29,30,31,32,34,35). The van der Waals surface area contributed by atoms with Crippen LogP contribution in [-0.2, 0) is 19.1 Å². The zero-order chi connectivity index (χ0) is 25.5. The minimum Gasteiger partial charge on any atom is -0.861 e. The maximum Gasteiger partial charge on any atom is 0.416 e. The van der Waals surface area contributed by atoms with E-state index in [1.165, 1.54) is 16.9 Å². The monoisotopic (exact) mass is 495 g/mol. The van der Waals surface area contributed by atoms with Gasteiger partial charge in [0.2, 0.25) is 11.8 Å². The number of aromatic nitrogens is 2. The van der Waals surface area contributed by atoms with Crippen LogP contribution in [0.1, 0.15) is 16.7 Å². The lowest BCUT2D eigenvalue weighted by molar-refractivity contribution is -0.754. The Hall–Kier alpha value is -4.67. The van der Waals surface area contributed by atoms with Crippen LogP contribution in [0.4, 0.5) is 35.2 Å². The molecule has 184 valence electrons. The van der Waals surface area contributed by atoms with Gasteiger partial charge in [0, 0.05) is 17.7 Å². The lowest BCUT2D eigenvalue weighted by Gasteiger charge is -2.14. The molecule has 1 heterocycles. The highest BCUT2D eigenvalue weighted by atomic mass is 19.4. The molecule has 0 radical (unpaired) electrons. The van der Waals surface area contributed by atoms with E-state index in [1.54, 1.807) is 30.3 Å². The second kappa shape index (κ2) is 10.7. The molecule has 1 aromatic heterocycles. The van der Waals surface area contributed by atoms with Gasteiger partial charge >= 0.3 is 18.1 Å². The summed E-state index contributed by atoms with van der Waals surface area (Å²) in [4.78, 5) is 16.2. The van der Waals surface area contributed by atoms with Crippen LogP contribution in [0.3, 0.4) is 0 Å². The van der Waals surface area contributed by atoms with Crippen LogP contribution in [0.15, 0.2) is 94.6 Å². The minimum atomic E-state index is -4.71. The zero-order valence-electron chi connectivity index (χ0n) is 18.7. The van der Waals surface area contributed by atoms with E-state index >= 15 is 0 Å². The Bertz CT molecular complexity index is 1360. The maximum absolute atomic E-state index is 13.4. The Balaban J connectivity index is 1.47. The Kier molecular flexibility index (Phi) is 7.28. The van der Waals surface area contributed by atoms with Crippen molar-refractivity contribution in [2.45, 2.75) is 19.1 Å². The van der Waals surface area contributed by atoms with Crippen molar-refractivity contribution < 1.29 is 32.3 Å². The van der Waals surface area contributed by atoms with Gasteiger partial charge in [-0.05, 0) is 34.3 Å². The lowest BCUT2D eigenvalue weighted by atomic mass is 10.1. The van der Waals surface area contributed by atoms with Crippen molar-refractivity contribution >= 4 is 29.2 Å². The highest BCUT2D eigenvalue weighted by molar-refractivity contribution is 5.99. The van der Waals surface area contributed by atoms with Crippen LogP contribution < -0.4 is 20.4 Å². The molecule has 8 nitrogen and oxygen atoms in total. The molecule has 0 bridgehead atoms. The normalized spacial score (nSPS) is 11.8. The van der Waals surface area contributed by atoms with E-state index in [0.29, 0.717) is 12.1 Å². The van der Waals surface area contributed by atoms with Gasteiger partial charge in [0.05, 0.1) is 11.3 Å². The van der Waals surface area contributed by atoms with Gasteiger partial charge in [-0.1, -0.05) is 60.7 Å². The van der Waals surface area contributed by atoms with E-state index in [2.05, 4.69) is 20.9 Å². The largest absolute Gasteiger partial charge is 0.861 e. The van der Waals surface area contributed by atoms with Crippen LogP contribution >= 0.6 is 0 Å². The number of nitrogens with zero attached hydrogens (tertiary/aromatic N) is 3. The van der Waals surface area contributed by atoms with Gasteiger partial charge in [0.25, 0.3) is 6.20 Å². The Labute approximate surface area is 203 Å². The minimum absolute atomic E-state index is 0.0154. The number of nitrogens with one attached hydrogen (secondary N) is 2. The van der Waals surface area contributed by atoms with Crippen LogP contribution in [0, 0.1) is 0 Å². The quantitative estimate of drug-likeness (QED) is 0.226. The van der Waals surface area contributed by atoms with Crippen LogP contribution in [0.2, 0.25) is 0 Å². The maximum atomic E-state index is 13.4. The van der Waals surface area contributed by atoms with E-state index in [-0.39, 0.29) is 23.7 Å². The summed E-state index contributed by atoms with van der Waals surface area (Å²) in [5.74, 6) is -0.640. The molecule has 0 saturated carbocycles. The number of carbonyl (C=O) groups excluding carboxylic acids is 1.